The molecular weight excluding hydrogens is 239 g/mol. The fourth-order valence-corrected chi connectivity index (χ4v) is 2.63. The summed E-state index contributed by atoms with van der Waals surface area (Å²) in [4.78, 5) is 0. The van der Waals surface area contributed by atoms with Gasteiger partial charge in [-0.05, 0) is 43.7 Å². The molecule has 3 rings (SSSR count). The van der Waals surface area contributed by atoms with Crippen molar-refractivity contribution < 1.29 is 4.39 Å². The predicted octanol–water partition coefficient (Wildman–Crippen LogP) is 4.18. The summed E-state index contributed by atoms with van der Waals surface area (Å²) in [6.07, 6.45) is 0.936. The Kier molecular flexibility index (Phi) is 3.11. The molecule has 1 aliphatic rings. The van der Waals surface area contributed by atoms with E-state index in [0.29, 0.717) is 6.04 Å². The van der Waals surface area contributed by atoms with Crippen molar-refractivity contribution >= 4 is 11.4 Å². The lowest BCUT2D eigenvalue weighted by atomic mass is 9.93. The highest BCUT2D eigenvalue weighted by atomic mass is 19.1. The van der Waals surface area contributed by atoms with Crippen LogP contribution in [0, 0.1) is 5.82 Å². The maximum absolute atomic E-state index is 13.4. The summed E-state index contributed by atoms with van der Waals surface area (Å²) in [7, 11) is 0. The van der Waals surface area contributed by atoms with Crippen LogP contribution in [-0.4, -0.2) is 6.04 Å². The van der Waals surface area contributed by atoms with Gasteiger partial charge in [-0.15, -0.1) is 0 Å². The van der Waals surface area contributed by atoms with Crippen LogP contribution in [0.5, 0.6) is 0 Å². The van der Waals surface area contributed by atoms with Gasteiger partial charge in [0.15, 0.2) is 0 Å². The first kappa shape index (κ1) is 12.0. The number of benzene rings is 2. The Hall–Kier alpha value is -2.03. The van der Waals surface area contributed by atoms with E-state index in [2.05, 4.69) is 17.6 Å². The second-order valence-corrected chi connectivity index (χ2v) is 5.08. The lowest BCUT2D eigenvalue weighted by molar-refractivity contribution is 0.583. The molecule has 1 aliphatic heterocycles. The molecule has 0 aliphatic carbocycles. The van der Waals surface area contributed by atoms with Crippen molar-refractivity contribution in [3.8, 4) is 0 Å². The van der Waals surface area contributed by atoms with Gasteiger partial charge in [-0.3, -0.25) is 0 Å². The minimum absolute atomic E-state index is 0.143. The largest absolute Gasteiger partial charge is 0.382 e. The highest BCUT2D eigenvalue weighted by Crippen LogP contribution is 2.35. The lowest BCUT2D eigenvalue weighted by Crippen LogP contribution is -2.29. The third-order valence-corrected chi connectivity index (χ3v) is 3.49. The van der Waals surface area contributed by atoms with Crippen LogP contribution in [0.25, 0.3) is 0 Å². The van der Waals surface area contributed by atoms with Crippen molar-refractivity contribution in [2.75, 3.05) is 10.6 Å². The smallest absolute Gasteiger partial charge is 0.123 e. The van der Waals surface area contributed by atoms with Crippen molar-refractivity contribution in [1.29, 1.82) is 0 Å². The van der Waals surface area contributed by atoms with E-state index in [1.54, 1.807) is 6.07 Å². The van der Waals surface area contributed by atoms with Gasteiger partial charge in [-0.1, -0.05) is 18.2 Å². The predicted molar refractivity (Wildman–Crippen MR) is 76.9 cm³/mol. The average molecular weight is 256 g/mol. The summed E-state index contributed by atoms with van der Waals surface area (Å²) in [5, 5.41) is 6.88. The zero-order valence-corrected chi connectivity index (χ0v) is 10.9. The Balaban J connectivity index is 1.92. The molecule has 0 saturated carbocycles. The Morgan fingerprint density at radius 2 is 1.95 bits per heavy atom. The summed E-state index contributed by atoms with van der Waals surface area (Å²) in [6, 6.07) is 15.5. The Labute approximate surface area is 112 Å². The number of anilines is 2. The van der Waals surface area contributed by atoms with Gasteiger partial charge in [0.1, 0.15) is 5.82 Å². The number of rotatable bonds is 2. The molecule has 0 fully saturated rings. The molecular formula is C16H17FN2. The zero-order chi connectivity index (χ0) is 13.2. The van der Waals surface area contributed by atoms with E-state index in [4.69, 9.17) is 0 Å². The molecule has 3 heteroatoms. The number of hydrogen-bond donors (Lipinski definition) is 2. The van der Waals surface area contributed by atoms with E-state index in [9.17, 15) is 4.39 Å². The molecule has 0 spiro atoms. The first-order valence-corrected chi connectivity index (χ1v) is 6.60. The Bertz CT molecular complexity index is 568. The molecule has 2 atom stereocenters. The van der Waals surface area contributed by atoms with Crippen molar-refractivity contribution in [3.05, 3.63) is 59.9 Å². The van der Waals surface area contributed by atoms with Gasteiger partial charge in [-0.2, -0.15) is 0 Å². The topological polar surface area (TPSA) is 24.1 Å². The number of hydrogen-bond acceptors (Lipinski definition) is 2. The average Bonchev–Trinajstić information content (AvgIpc) is 2.41. The van der Waals surface area contributed by atoms with E-state index < -0.39 is 0 Å². The van der Waals surface area contributed by atoms with Crippen molar-refractivity contribution in [2.24, 2.45) is 0 Å². The summed E-state index contributed by atoms with van der Waals surface area (Å²) in [5.41, 5.74) is 3.09. The standard InChI is InChI=1S/C16H17FN2/c1-11-9-16(19-13-5-3-2-4-6-13)14-10-12(17)7-8-15(14)18-11/h2-8,10-11,16,18-19H,9H2,1H3/t11-,16+/m0/s1. The van der Waals surface area contributed by atoms with Crippen LogP contribution in [-0.2, 0) is 0 Å². The summed E-state index contributed by atoms with van der Waals surface area (Å²) < 4.78 is 13.4. The van der Waals surface area contributed by atoms with Gasteiger partial charge in [-0.25, -0.2) is 4.39 Å². The van der Waals surface area contributed by atoms with Crippen LogP contribution < -0.4 is 10.6 Å². The second-order valence-electron chi connectivity index (χ2n) is 5.08. The molecule has 2 aromatic rings. The van der Waals surface area contributed by atoms with Crippen molar-refractivity contribution in [3.63, 3.8) is 0 Å². The minimum Gasteiger partial charge on any atom is -0.382 e. The van der Waals surface area contributed by atoms with Gasteiger partial charge in [0.2, 0.25) is 0 Å². The summed E-state index contributed by atoms with van der Waals surface area (Å²) in [6.45, 7) is 2.14. The molecule has 0 radical (unpaired) electrons. The minimum atomic E-state index is -0.185. The molecule has 0 amide bonds. The highest BCUT2D eigenvalue weighted by molar-refractivity contribution is 5.58. The van der Waals surface area contributed by atoms with E-state index >= 15 is 0 Å². The Morgan fingerprint density at radius 3 is 2.74 bits per heavy atom. The third kappa shape index (κ3) is 2.55. The molecule has 19 heavy (non-hydrogen) atoms. The van der Waals surface area contributed by atoms with E-state index in [0.717, 1.165) is 23.4 Å². The summed E-state index contributed by atoms with van der Waals surface area (Å²) in [5.74, 6) is -0.185. The molecule has 2 N–H and O–H groups in total. The van der Waals surface area contributed by atoms with Gasteiger partial charge in [0.05, 0.1) is 6.04 Å². The Morgan fingerprint density at radius 1 is 1.16 bits per heavy atom. The molecule has 98 valence electrons. The molecule has 0 aromatic heterocycles. The molecule has 0 bridgehead atoms. The maximum Gasteiger partial charge on any atom is 0.123 e. The van der Waals surface area contributed by atoms with Gasteiger partial charge in [0, 0.05) is 23.0 Å². The maximum atomic E-state index is 13.4. The van der Waals surface area contributed by atoms with E-state index in [1.807, 2.05) is 36.4 Å². The second kappa shape index (κ2) is 4.92. The molecule has 2 nitrogen and oxygen atoms in total. The SMILES string of the molecule is C[C@H]1C[C@@H](Nc2ccccc2)c2cc(F)ccc2N1. The van der Waals surface area contributed by atoms with Crippen LogP contribution in [0.1, 0.15) is 24.9 Å². The lowest BCUT2D eigenvalue weighted by Gasteiger charge is -2.32. The van der Waals surface area contributed by atoms with Crippen LogP contribution >= 0.6 is 0 Å². The normalized spacial score (nSPS) is 21.4. The molecule has 1 heterocycles. The van der Waals surface area contributed by atoms with Gasteiger partial charge >= 0.3 is 0 Å². The van der Waals surface area contributed by atoms with Crippen molar-refractivity contribution in [1.82, 2.24) is 0 Å². The molecule has 2 aromatic carbocycles. The fourth-order valence-electron chi connectivity index (χ4n) is 2.63. The van der Waals surface area contributed by atoms with Crippen LogP contribution in [0.2, 0.25) is 0 Å². The van der Waals surface area contributed by atoms with Crippen LogP contribution in [0.15, 0.2) is 48.5 Å². The molecule has 0 unspecified atom stereocenters. The van der Waals surface area contributed by atoms with E-state index in [1.165, 1.54) is 6.07 Å². The number of nitrogens with one attached hydrogen (secondary N) is 2. The van der Waals surface area contributed by atoms with Crippen LogP contribution in [0.4, 0.5) is 15.8 Å². The third-order valence-electron chi connectivity index (χ3n) is 3.49. The summed E-state index contributed by atoms with van der Waals surface area (Å²) >= 11 is 0. The van der Waals surface area contributed by atoms with Crippen LogP contribution in [0.3, 0.4) is 0 Å². The zero-order valence-electron chi connectivity index (χ0n) is 10.9. The number of halogens is 1. The van der Waals surface area contributed by atoms with Gasteiger partial charge < -0.3 is 10.6 Å². The molecule has 0 saturated heterocycles. The quantitative estimate of drug-likeness (QED) is 0.842. The van der Waals surface area contributed by atoms with Gasteiger partial charge in [0.25, 0.3) is 0 Å². The first-order valence-electron chi connectivity index (χ1n) is 6.60. The first-order chi connectivity index (χ1) is 9.22. The van der Waals surface area contributed by atoms with E-state index in [-0.39, 0.29) is 11.9 Å². The highest BCUT2D eigenvalue weighted by Gasteiger charge is 2.24. The van der Waals surface area contributed by atoms with Crippen molar-refractivity contribution in [2.45, 2.75) is 25.4 Å². The fraction of sp³-hybridized carbons (Fsp3) is 0.250. The number of para-hydroxylation sites is 1. The number of fused-ring (bicyclic) bond motifs is 1. The monoisotopic (exact) mass is 256 g/mol.